The van der Waals surface area contributed by atoms with Crippen molar-refractivity contribution in [2.75, 3.05) is 6.54 Å². The van der Waals surface area contributed by atoms with Crippen LogP contribution in [0.15, 0.2) is 24.3 Å². The molecule has 1 aliphatic carbocycles. The van der Waals surface area contributed by atoms with E-state index in [2.05, 4.69) is 36.5 Å². The lowest BCUT2D eigenvalue weighted by atomic mass is 9.74. The molecule has 0 unspecified atom stereocenters. The molecule has 3 nitrogen and oxygen atoms in total. The zero-order valence-electron chi connectivity index (χ0n) is 12.6. The summed E-state index contributed by atoms with van der Waals surface area (Å²) in [7, 11) is 0. The fourth-order valence-corrected chi connectivity index (χ4v) is 2.78. The van der Waals surface area contributed by atoms with Gasteiger partial charge in [0.15, 0.2) is 0 Å². The van der Waals surface area contributed by atoms with E-state index in [-0.39, 0.29) is 0 Å². The molecule has 0 bridgehead atoms. The molecule has 2 rings (SSSR count). The summed E-state index contributed by atoms with van der Waals surface area (Å²) in [6.07, 6.45) is 3.00. The van der Waals surface area contributed by atoms with Gasteiger partial charge < -0.3 is 10.4 Å². The molecule has 0 saturated heterocycles. The molecule has 0 radical (unpaired) electrons. The Morgan fingerprint density at radius 3 is 2.60 bits per heavy atom. The van der Waals surface area contributed by atoms with Gasteiger partial charge in [-0.25, -0.2) is 0 Å². The molecule has 0 heterocycles. The van der Waals surface area contributed by atoms with Crippen LogP contribution < -0.4 is 5.32 Å². The highest BCUT2D eigenvalue weighted by molar-refractivity contribution is 5.73. The summed E-state index contributed by atoms with van der Waals surface area (Å²) in [5.74, 6) is -0.0492. The molecule has 1 aromatic rings. The van der Waals surface area contributed by atoms with E-state index in [0.29, 0.717) is 18.4 Å². The van der Waals surface area contributed by atoms with Gasteiger partial charge >= 0.3 is 5.97 Å². The van der Waals surface area contributed by atoms with Crippen LogP contribution in [0.2, 0.25) is 0 Å². The second kappa shape index (κ2) is 5.96. The predicted molar refractivity (Wildman–Crippen MR) is 81.0 cm³/mol. The summed E-state index contributed by atoms with van der Waals surface area (Å²) in [6.45, 7) is 6.53. The van der Waals surface area contributed by atoms with E-state index in [4.69, 9.17) is 5.11 Å². The highest BCUT2D eigenvalue weighted by Gasteiger charge is 2.32. The third-order valence-corrected chi connectivity index (χ3v) is 4.53. The Morgan fingerprint density at radius 1 is 1.35 bits per heavy atom. The van der Waals surface area contributed by atoms with Crippen molar-refractivity contribution < 1.29 is 9.90 Å². The van der Waals surface area contributed by atoms with Crippen LogP contribution in [0.25, 0.3) is 0 Å². The lowest BCUT2D eigenvalue weighted by molar-refractivity contribution is -0.147. The van der Waals surface area contributed by atoms with Gasteiger partial charge in [-0.1, -0.05) is 24.3 Å². The Labute approximate surface area is 121 Å². The van der Waals surface area contributed by atoms with Crippen molar-refractivity contribution in [1.29, 1.82) is 0 Å². The van der Waals surface area contributed by atoms with Gasteiger partial charge in [0.25, 0.3) is 0 Å². The van der Waals surface area contributed by atoms with Crippen LogP contribution in [0.3, 0.4) is 0 Å². The van der Waals surface area contributed by atoms with Crippen molar-refractivity contribution >= 4 is 5.97 Å². The molecule has 1 fully saturated rings. The summed E-state index contributed by atoms with van der Waals surface area (Å²) in [6, 6.07) is 9.14. The van der Waals surface area contributed by atoms with Crippen molar-refractivity contribution in [2.45, 2.75) is 52.0 Å². The minimum absolute atomic E-state index is 0.546. The van der Waals surface area contributed by atoms with Gasteiger partial charge in [0.05, 0.1) is 5.41 Å². The maximum atomic E-state index is 11.0. The van der Waals surface area contributed by atoms with Crippen molar-refractivity contribution in [3.63, 3.8) is 0 Å². The molecule has 1 aliphatic rings. The fourth-order valence-electron chi connectivity index (χ4n) is 2.78. The van der Waals surface area contributed by atoms with Crippen molar-refractivity contribution in [3.8, 4) is 0 Å². The van der Waals surface area contributed by atoms with Gasteiger partial charge in [0.1, 0.15) is 0 Å². The van der Waals surface area contributed by atoms with E-state index in [9.17, 15) is 4.79 Å². The Balaban J connectivity index is 1.73. The Kier molecular flexibility index (Phi) is 4.48. The highest BCUT2D eigenvalue weighted by Crippen LogP contribution is 2.38. The summed E-state index contributed by atoms with van der Waals surface area (Å²) < 4.78 is 0. The Hall–Kier alpha value is -1.35. The number of rotatable bonds is 6. The first-order valence-corrected chi connectivity index (χ1v) is 7.42. The van der Waals surface area contributed by atoms with Crippen LogP contribution in [0, 0.1) is 12.3 Å². The molecular formula is C17H25NO2. The standard InChI is InChI=1S/C17H25NO2/c1-12-6-4-5-7-15(12)13-10-14(11-13)18-9-8-17(2,3)16(19)20/h4-7,13-14,18H,8-11H2,1-3H3,(H,19,20). The monoisotopic (exact) mass is 275 g/mol. The maximum Gasteiger partial charge on any atom is 0.309 e. The van der Waals surface area contributed by atoms with Crippen LogP contribution in [-0.4, -0.2) is 23.7 Å². The number of hydrogen-bond acceptors (Lipinski definition) is 2. The van der Waals surface area contributed by atoms with Gasteiger partial charge in [-0.2, -0.15) is 0 Å². The zero-order valence-corrected chi connectivity index (χ0v) is 12.6. The fraction of sp³-hybridized carbons (Fsp3) is 0.588. The molecule has 0 aliphatic heterocycles. The molecule has 2 N–H and O–H groups in total. The molecule has 1 aromatic carbocycles. The van der Waals surface area contributed by atoms with Gasteiger partial charge in [-0.3, -0.25) is 4.79 Å². The van der Waals surface area contributed by atoms with Gasteiger partial charge in [-0.15, -0.1) is 0 Å². The van der Waals surface area contributed by atoms with Crippen LogP contribution in [0.1, 0.15) is 50.2 Å². The van der Waals surface area contributed by atoms with E-state index in [1.54, 1.807) is 13.8 Å². The first-order chi connectivity index (χ1) is 9.40. The SMILES string of the molecule is Cc1ccccc1C1CC(NCCC(C)(C)C(=O)O)C1. The number of benzene rings is 1. The molecule has 110 valence electrons. The minimum Gasteiger partial charge on any atom is -0.481 e. The molecule has 20 heavy (non-hydrogen) atoms. The van der Waals surface area contributed by atoms with Gasteiger partial charge in [-0.05, 0) is 63.6 Å². The van der Waals surface area contributed by atoms with E-state index in [1.807, 2.05) is 0 Å². The summed E-state index contributed by atoms with van der Waals surface area (Å²) in [5, 5.41) is 12.6. The first kappa shape index (κ1) is 15.0. The average Bonchev–Trinajstić information content (AvgIpc) is 2.33. The second-order valence-electron chi connectivity index (χ2n) is 6.61. The van der Waals surface area contributed by atoms with Crippen LogP contribution in [0.5, 0.6) is 0 Å². The Bertz CT molecular complexity index is 476. The molecule has 1 saturated carbocycles. The number of nitrogens with one attached hydrogen (secondary N) is 1. The Morgan fingerprint density at radius 2 is 2.00 bits per heavy atom. The van der Waals surface area contributed by atoms with Crippen LogP contribution >= 0.6 is 0 Å². The smallest absolute Gasteiger partial charge is 0.309 e. The third kappa shape index (κ3) is 3.40. The molecule has 0 aromatic heterocycles. The lowest BCUT2D eigenvalue weighted by Crippen LogP contribution is -2.42. The van der Waals surface area contributed by atoms with E-state index in [1.165, 1.54) is 24.0 Å². The van der Waals surface area contributed by atoms with Gasteiger partial charge in [0, 0.05) is 6.04 Å². The van der Waals surface area contributed by atoms with E-state index >= 15 is 0 Å². The lowest BCUT2D eigenvalue weighted by Gasteiger charge is -2.37. The minimum atomic E-state index is -0.717. The normalized spacial score (nSPS) is 22.4. The van der Waals surface area contributed by atoms with E-state index < -0.39 is 11.4 Å². The largest absolute Gasteiger partial charge is 0.481 e. The number of carboxylic acids is 1. The quantitative estimate of drug-likeness (QED) is 0.837. The number of aryl methyl sites for hydroxylation is 1. The first-order valence-electron chi connectivity index (χ1n) is 7.42. The predicted octanol–water partition coefficient (Wildman–Crippen LogP) is 3.33. The zero-order chi connectivity index (χ0) is 14.8. The highest BCUT2D eigenvalue weighted by atomic mass is 16.4. The molecule has 0 spiro atoms. The van der Waals surface area contributed by atoms with E-state index in [0.717, 1.165) is 6.54 Å². The summed E-state index contributed by atoms with van der Waals surface area (Å²) in [5.41, 5.74) is 2.21. The van der Waals surface area contributed by atoms with Crippen molar-refractivity contribution in [1.82, 2.24) is 5.32 Å². The average molecular weight is 275 g/mol. The van der Waals surface area contributed by atoms with Crippen molar-refractivity contribution in [3.05, 3.63) is 35.4 Å². The molecule has 0 amide bonds. The summed E-state index contributed by atoms with van der Waals surface area (Å²) >= 11 is 0. The topological polar surface area (TPSA) is 49.3 Å². The van der Waals surface area contributed by atoms with Crippen molar-refractivity contribution in [2.24, 2.45) is 5.41 Å². The molecular weight excluding hydrogens is 250 g/mol. The summed E-state index contributed by atoms with van der Waals surface area (Å²) in [4.78, 5) is 11.0. The van der Waals surface area contributed by atoms with Gasteiger partial charge in [0.2, 0.25) is 0 Å². The number of aliphatic carboxylic acids is 1. The maximum absolute atomic E-state index is 11.0. The van der Waals surface area contributed by atoms with Crippen LogP contribution in [0.4, 0.5) is 0 Å². The van der Waals surface area contributed by atoms with Crippen LogP contribution in [-0.2, 0) is 4.79 Å². The third-order valence-electron chi connectivity index (χ3n) is 4.53. The number of hydrogen-bond donors (Lipinski definition) is 2. The second-order valence-corrected chi connectivity index (χ2v) is 6.61. The molecule has 3 heteroatoms. The number of carbonyl (C=O) groups is 1. The number of carboxylic acid groups (broad SMARTS) is 1. The molecule has 0 atom stereocenters.